The van der Waals surface area contributed by atoms with Crippen LogP contribution in [0, 0.1) is 22.7 Å². The molecule has 0 atom stereocenters. The number of benzene rings is 2. The Labute approximate surface area is 182 Å². The Kier molecular flexibility index (Phi) is 6.65. The van der Waals surface area contributed by atoms with Crippen LogP contribution in [0.5, 0.6) is 0 Å². The number of hydrogen-bond acceptors (Lipinski definition) is 4. The van der Waals surface area contributed by atoms with Crippen LogP contribution < -0.4 is 0 Å². The number of nitrogens with zero attached hydrogens (tertiary/aromatic N) is 4. The average Bonchev–Trinajstić information content (AvgIpc) is 2.74. The van der Waals surface area contributed by atoms with Gasteiger partial charge in [-0.15, -0.1) is 0 Å². The number of pyridine rings is 2. The molecule has 2 aromatic heterocycles. The highest BCUT2D eigenvalue weighted by Crippen LogP contribution is 2.29. The maximum Gasteiger partial charge on any atom is 0.102 e. The van der Waals surface area contributed by atoms with Crippen molar-refractivity contribution in [2.24, 2.45) is 0 Å². The van der Waals surface area contributed by atoms with Gasteiger partial charge in [0.25, 0.3) is 0 Å². The molecule has 4 nitrogen and oxygen atoms in total. The summed E-state index contributed by atoms with van der Waals surface area (Å²) in [5.41, 5.74) is 2.45. The van der Waals surface area contributed by atoms with Gasteiger partial charge in [0.05, 0.1) is 26.2 Å². The topological polar surface area (TPSA) is 73.4 Å². The van der Waals surface area contributed by atoms with E-state index in [1.54, 1.807) is 6.20 Å². The van der Waals surface area contributed by atoms with Crippen molar-refractivity contribution in [3.8, 4) is 23.3 Å². The van der Waals surface area contributed by atoms with Gasteiger partial charge in [0.1, 0.15) is 12.1 Å². The molecule has 0 fully saturated rings. The molecule has 2 aromatic carbocycles. The number of halogens is 3. The van der Waals surface area contributed by atoms with Gasteiger partial charge in [0.15, 0.2) is 0 Å². The summed E-state index contributed by atoms with van der Waals surface area (Å²) in [5, 5.41) is 20.9. The zero-order chi connectivity index (χ0) is 20.8. The first-order valence-corrected chi connectivity index (χ1v) is 9.40. The predicted octanol–water partition coefficient (Wildman–Crippen LogP) is 6.69. The van der Waals surface area contributed by atoms with E-state index in [1.165, 1.54) is 24.0 Å². The fourth-order valence-electron chi connectivity index (χ4n) is 2.64. The van der Waals surface area contributed by atoms with Gasteiger partial charge >= 0.3 is 0 Å². The molecular weight excluding hydrogens is 427 g/mol. The lowest BCUT2D eigenvalue weighted by molar-refractivity contribution is 1.31. The highest BCUT2D eigenvalue weighted by molar-refractivity contribution is 6.36. The zero-order valence-electron chi connectivity index (χ0n) is 14.8. The first-order chi connectivity index (χ1) is 14.0. The molecular formula is C22H11Cl3N4. The summed E-state index contributed by atoms with van der Waals surface area (Å²) in [5.74, 6) is 0. The third-order valence-electron chi connectivity index (χ3n) is 4.04. The molecule has 0 saturated heterocycles. The zero-order valence-corrected chi connectivity index (χ0v) is 17.0. The number of hydrogen-bond donors (Lipinski definition) is 0. The van der Waals surface area contributed by atoms with Gasteiger partial charge in [0, 0.05) is 30.4 Å². The van der Waals surface area contributed by atoms with Crippen LogP contribution in [0.1, 0.15) is 11.1 Å². The molecule has 0 aliphatic rings. The van der Waals surface area contributed by atoms with E-state index in [4.69, 9.17) is 40.1 Å². The van der Waals surface area contributed by atoms with E-state index in [2.05, 4.69) is 22.1 Å². The van der Waals surface area contributed by atoms with Crippen LogP contribution >= 0.6 is 34.8 Å². The van der Waals surface area contributed by atoms with Crippen LogP contribution in [0.2, 0.25) is 15.1 Å². The maximum absolute atomic E-state index is 9.21. The summed E-state index contributed by atoms with van der Waals surface area (Å²) in [6, 6.07) is 18.2. The second kappa shape index (κ2) is 9.37. The van der Waals surface area contributed by atoms with E-state index < -0.39 is 0 Å². The molecule has 0 saturated carbocycles. The van der Waals surface area contributed by atoms with Gasteiger partial charge in [-0.25, -0.2) is 0 Å². The predicted molar refractivity (Wildman–Crippen MR) is 116 cm³/mol. The second-order valence-electron chi connectivity index (χ2n) is 5.81. The molecule has 2 heterocycles. The Morgan fingerprint density at radius 1 is 0.655 bits per heavy atom. The first kappa shape index (κ1) is 20.6. The van der Waals surface area contributed by atoms with E-state index in [0.29, 0.717) is 10.6 Å². The van der Waals surface area contributed by atoms with E-state index in [-0.39, 0.29) is 15.6 Å². The summed E-state index contributed by atoms with van der Waals surface area (Å²) >= 11 is 17.1. The average molecular weight is 438 g/mol. The third kappa shape index (κ3) is 4.65. The molecule has 7 heteroatoms. The highest BCUT2D eigenvalue weighted by atomic mass is 35.5. The minimum absolute atomic E-state index is 0.276. The molecule has 0 bridgehead atoms. The van der Waals surface area contributed by atoms with Crippen molar-refractivity contribution in [1.29, 1.82) is 10.5 Å². The third-order valence-corrected chi connectivity index (χ3v) is 4.90. The van der Waals surface area contributed by atoms with Crippen molar-refractivity contribution in [1.82, 2.24) is 9.97 Å². The molecule has 140 valence electrons. The molecule has 0 radical (unpaired) electrons. The minimum atomic E-state index is 0.276. The minimum Gasteiger partial charge on any atom is -0.262 e. The largest absolute Gasteiger partial charge is 0.262 e. The monoisotopic (exact) mass is 436 g/mol. The van der Waals surface area contributed by atoms with Crippen molar-refractivity contribution in [3.63, 3.8) is 0 Å². The van der Waals surface area contributed by atoms with Crippen LogP contribution in [0.15, 0.2) is 67.3 Å². The van der Waals surface area contributed by atoms with Crippen LogP contribution in [-0.4, -0.2) is 9.97 Å². The van der Waals surface area contributed by atoms with Crippen LogP contribution in [0.3, 0.4) is 0 Å². The molecule has 4 aromatic rings. The quantitative estimate of drug-likeness (QED) is 0.332. The number of aromatic nitrogens is 2. The Hall–Kier alpha value is -3.15. The second-order valence-corrected chi connectivity index (χ2v) is 7.03. The Balaban J connectivity index is 0.000000204. The molecule has 29 heavy (non-hydrogen) atoms. The lowest BCUT2D eigenvalue weighted by Gasteiger charge is -2.06. The van der Waals surface area contributed by atoms with Gasteiger partial charge < -0.3 is 0 Å². The highest BCUT2D eigenvalue weighted by Gasteiger charge is 2.09. The standard InChI is InChI=1S/C16H9ClN2.C6H2Cl2N2/c17-16-10-19-9-15(14(16)8-18)13-6-5-11-3-1-2-4-12(11)7-13;7-5-2-10-3-6(8)4(5)1-9/h1-7,9-10H;2-3H. The number of rotatable bonds is 1. The van der Waals surface area contributed by atoms with Crippen molar-refractivity contribution in [3.05, 3.63) is 93.4 Å². The molecule has 0 amide bonds. The molecule has 0 spiro atoms. The Morgan fingerprint density at radius 3 is 1.79 bits per heavy atom. The van der Waals surface area contributed by atoms with Crippen LogP contribution in [0.25, 0.3) is 21.9 Å². The van der Waals surface area contributed by atoms with Gasteiger partial charge in [-0.1, -0.05) is 71.2 Å². The summed E-state index contributed by atoms with van der Waals surface area (Å²) in [6.45, 7) is 0. The van der Waals surface area contributed by atoms with Gasteiger partial charge in [-0.3, -0.25) is 9.97 Å². The molecule has 0 aliphatic heterocycles. The number of fused-ring (bicyclic) bond motifs is 1. The van der Waals surface area contributed by atoms with Crippen molar-refractivity contribution in [2.75, 3.05) is 0 Å². The number of nitriles is 2. The van der Waals surface area contributed by atoms with Crippen molar-refractivity contribution < 1.29 is 0 Å². The lowest BCUT2D eigenvalue weighted by atomic mass is 9.99. The first-order valence-electron chi connectivity index (χ1n) is 8.27. The molecule has 0 N–H and O–H groups in total. The summed E-state index contributed by atoms with van der Waals surface area (Å²) < 4.78 is 0. The normalized spacial score (nSPS) is 9.83. The summed E-state index contributed by atoms with van der Waals surface area (Å²) in [7, 11) is 0. The fourth-order valence-corrected chi connectivity index (χ4v) is 3.29. The van der Waals surface area contributed by atoms with Crippen LogP contribution in [-0.2, 0) is 0 Å². The molecule has 0 unspecified atom stereocenters. The van der Waals surface area contributed by atoms with E-state index in [1.807, 2.05) is 42.5 Å². The SMILES string of the molecule is N#Cc1c(Cl)cncc1-c1ccc2ccccc2c1.N#Cc1c(Cl)cncc1Cl. The van der Waals surface area contributed by atoms with E-state index in [9.17, 15) is 5.26 Å². The maximum atomic E-state index is 9.21. The molecule has 0 aliphatic carbocycles. The van der Waals surface area contributed by atoms with Crippen molar-refractivity contribution >= 4 is 45.6 Å². The fraction of sp³-hybridized carbons (Fsp3) is 0. The Morgan fingerprint density at radius 2 is 1.21 bits per heavy atom. The summed E-state index contributed by atoms with van der Waals surface area (Å²) in [6.07, 6.45) is 5.93. The molecule has 4 rings (SSSR count). The lowest BCUT2D eigenvalue weighted by Crippen LogP contribution is -1.88. The van der Waals surface area contributed by atoms with E-state index in [0.717, 1.165) is 16.5 Å². The summed E-state index contributed by atoms with van der Waals surface area (Å²) in [4.78, 5) is 7.74. The Bertz CT molecular complexity index is 1250. The van der Waals surface area contributed by atoms with Crippen molar-refractivity contribution in [2.45, 2.75) is 0 Å². The van der Waals surface area contributed by atoms with E-state index >= 15 is 0 Å². The van der Waals surface area contributed by atoms with Gasteiger partial charge in [0.2, 0.25) is 0 Å². The van der Waals surface area contributed by atoms with Gasteiger partial charge in [-0.2, -0.15) is 10.5 Å². The van der Waals surface area contributed by atoms with Gasteiger partial charge in [-0.05, 0) is 22.4 Å². The smallest absolute Gasteiger partial charge is 0.102 e. The van der Waals surface area contributed by atoms with Crippen LogP contribution in [0.4, 0.5) is 0 Å².